The molecule has 0 unspecified atom stereocenters. The average Bonchev–Trinajstić information content (AvgIpc) is 3.04. The van der Waals surface area contributed by atoms with Crippen LogP contribution in [-0.2, 0) is 11.3 Å². The molecule has 0 aliphatic carbocycles. The van der Waals surface area contributed by atoms with Crippen molar-refractivity contribution in [1.82, 2.24) is 4.90 Å². The van der Waals surface area contributed by atoms with Gasteiger partial charge in [0.25, 0.3) is 0 Å². The number of amides is 1. The Labute approximate surface area is 135 Å². The molecule has 0 saturated carbocycles. The molecule has 0 N–H and O–H groups in total. The summed E-state index contributed by atoms with van der Waals surface area (Å²) >= 11 is 0. The highest BCUT2D eigenvalue weighted by molar-refractivity contribution is 5.92. The van der Waals surface area contributed by atoms with E-state index in [4.69, 9.17) is 4.42 Å². The van der Waals surface area contributed by atoms with Crippen LogP contribution in [0.15, 0.2) is 47.1 Å². The minimum Gasteiger partial charge on any atom is -0.468 e. The third-order valence-corrected chi connectivity index (χ3v) is 4.33. The maximum absolute atomic E-state index is 13.1. The maximum Gasteiger partial charge on any atom is 0.224 e. The third kappa shape index (κ3) is 3.79. The summed E-state index contributed by atoms with van der Waals surface area (Å²) in [4.78, 5) is 16.2. The molecule has 23 heavy (non-hydrogen) atoms. The molecule has 1 aromatic carbocycles. The fourth-order valence-corrected chi connectivity index (χ4v) is 3.21. The second-order valence-corrected chi connectivity index (χ2v) is 5.95. The first-order valence-corrected chi connectivity index (χ1v) is 7.93. The molecule has 1 aliphatic heterocycles. The number of carbonyl (C=O) groups excluding carboxylic acids is 1. The minimum absolute atomic E-state index is 0.00101. The number of nitrogens with zero attached hydrogens (tertiary/aromatic N) is 2. The van der Waals surface area contributed by atoms with Crippen LogP contribution in [0.4, 0.5) is 10.1 Å². The van der Waals surface area contributed by atoms with E-state index in [9.17, 15) is 9.18 Å². The predicted molar refractivity (Wildman–Crippen MR) is 86.6 cm³/mol. The lowest BCUT2D eigenvalue weighted by molar-refractivity contribution is -0.117. The van der Waals surface area contributed by atoms with Gasteiger partial charge in [-0.15, -0.1) is 0 Å². The molecule has 0 spiro atoms. The maximum atomic E-state index is 13.1. The second kappa shape index (κ2) is 6.96. The molecule has 3 rings (SSSR count). The van der Waals surface area contributed by atoms with E-state index in [0.29, 0.717) is 0 Å². The van der Waals surface area contributed by atoms with E-state index < -0.39 is 0 Å². The summed E-state index contributed by atoms with van der Waals surface area (Å²) in [7, 11) is 0. The minimum atomic E-state index is -0.287. The molecule has 1 fully saturated rings. The summed E-state index contributed by atoms with van der Waals surface area (Å²) < 4.78 is 18.5. The van der Waals surface area contributed by atoms with Crippen molar-refractivity contribution in [3.8, 4) is 0 Å². The third-order valence-electron chi connectivity index (χ3n) is 4.33. The van der Waals surface area contributed by atoms with Crippen molar-refractivity contribution in [2.75, 3.05) is 18.0 Å². The first kappa shape index (κ1) is 15.7. The van der Waals surface area contributed by atoms with Gasteiger partial charge < -0.3 is 9.32 Å². The fourth-order valence-electron chi connectivity index (χ4n) is 3.21. The number of anilines is 1. The van der Waals surface area contributed by atoms with Gasteiger partial charge in [0.1, 0.15) is 11.6 Å². The second-order valence-electron chi connectivity index (χ2n) is 5.95. The molecule has 5 heteroatoms. The Bertz CT molecular complexity index is 632. The van der Waals surface area contributed by atoms with Crippen LogP contribution in [0.2, 0.25) is 0 Å². The van der Waals surface area contributed by atoms with Crippen molar-refractivity contribution >= 4 is 11.6 Å². The number of benzene rings is 1. The van der Waals surface area contributed by atoms with Crippen LogP contribution < -0.4 is 4.90 Å². The Kier molecular flexibility index (Phi) is 4.76. The normalized spacial score (nSPS) is 16.4. The van der Waals surface area contributed by atoms with Crippen molar-refractivity contribution in [2.24, 2.45) is 0 Å². The van der Waals surface area contributed by atoms with Gasteiger partial charge in [0, 0.05) is 31.7 Å². The zero-order valence-electron chi connectivity index (χ0n) is 13.2. The summed E-state index contributed by atoms with van der Waals surface area (Å²) in [6.07, 6.45) is 3.49. The predicted octanol–water partition coefficient (Wildman–Crippen LogP) is 3.44. The summed E-state index contributed by atoms with van der Waals surface area (Å²) in [5.74, 6) is 0.678. The molecule has 1 saturated heterocycles. The smallest absolute Gasteiger partial charge is 0.224 e. The lowest BCUT2D eigenvalue weighted by Gasteiger charge is -2.38. The van der Waals surface area contributed by atoms with Crippen molar-refractivity contribution in [3.63, 3.8) is 0 Å². The van der Waals surface area contributed by atoms with Gasteiger partial charge in [-0.1, -0.05) is 0 Å². The number of likely N-dealkylation sites (tertiary alicyclic amines) is 1. The molecule has 122 valence electrons. The topological polar surface area (TPSA) is 36.7 Å². The van der Waals surface area contributed by atoms with Crippen LogP contribution in [0, 0.1) is 5.82 Å². The average molecular weight is 316 g/mol. The van der Waals surface area contributed by atoms with Crippen LogP contribution in [0.25, 0.3) is 0 Å². The van der Waals surface area contributed by atoms with E-state index in [1.165, 1.54) is 12.1 Å². The first-order chi connectivity index (χ1) is 11.1. The molecule has 0 radical (unpaired) electrons. The van der Waals surface area contributed by atoms with Crippen LogP contribution >= 0.6 is 0 Å². The number of piperidine rings is 1. The van der Waals surface area contributed by atoms with E-state index in [2.05, 4.69) is 4.90 Å². The highest BCUT2D eigenvalue weighted by Gasteiger charge is 2.27. The summed E-state index contributed by atoms with van der Waals surface area (Å²) in [5, 5.41) is 0. The monoisotopic (exact) mass is 316 g/mol. The standard InChI is InChI=1S/C18H21FN2O2/c1-14(22)21(16-6-4-15(19)5-7-16)17-8-10-20(11-9-17)13-18-3-2-12-23-18/h2-7,12,17H,8-11,13H2,1H3. The van der Waals surface area contributed by atoms with Gasteiger partial charge in [-0.3, -0.25) is 9.69 Å². The van der Waals surface area contributed by atoms with E-state index >= 15 is 0 Å². The molecule has 1 aromatic heterocycles. The molecule has 2 aromatic rings. The van der Waals surface area contributed by atoms with Gasteiger partial charge in [-0.05, 0) is 49.2 Å². The lowest BCUT2D eigenvalue weighted by Crippen LogP contribution is -2.46. The van der Waals surface area contributed by atoms with Crippen LogP contribution in [-0.4, -0.2) is 29.9 Å². The zero-order valence-corrected chi connectivity index (χ0v) is 13.2. The molecular formula is C18H21FN2O2. The number of rotatable bonds is 4. The van der Waals surface area contributed by atoms with Gasteiger partial charge in [0.15, 0.2) is 0 Å². The van der Waals surface area contributed by atoms with Gasteiger partial charge in [-0.25, -0.2) is 4.39 Å². The Morgan fingerprint density at radius 3 is 2.52 bits per heavy atom. The molecule has 0 bridgehead atoms. The molecule has 1 aliphatic rings. The lowest BCUT2D eigenvalue weighted by atomic mass is 10.0. The van der Waals surface area contributed by atoms with Crippen molar-refractivity contribution in [3.05, 3.63) is 54.2 Å². The van der Waals surface area contributed by atoms with Gasteiger partial charge in [0.05, 0.1) is 12.8 Å². The molecule has 4 nitrogen and oxygen atoms in total. The summed E-state index contributed by atoms with van der Waals surface area (Å²) in [6.45, 7) is 4.20. The highest BCUT2D eigenvalue weighted by Crippen LogP contribution is 2.25. The molecule has 0 atom stereocenters. The highest BCUT2D eigenvalue weighted by atomic mass is 19.1. The summed E-state index contributed by atoms with van der Waals surface area (Å²) in [6, 6.07) is 10.2. The quantitative estimate of drug-likeness (QED) is 0.867. The largest absolute Gasteiger partial charge is 0.468 e. The number of hydrogen-bond donors (Lipinski definition) is 0. The van der Waals surface area contributed by atoms with Crippen LogP contribution in [0.3, 0.4) is 0 Å². The molecule has 1 amide bonds. The first-order valence-electron chi connectivity index (χ1n) is 7.93. The van der Waals surface area contributed by atoms with E-state index in [-0.39, 0.29) is 17.8 Å². The van der Waals surface area contributed by atoms with Crippen LogP contribution in [0.5, 0.6) is 0 Å². The van der Waals surface area contributed by atoms with Gasteiger partial charge in [-0.2, -0.15) is 0 Å². The summed E-state index contributed by atoms with van der Waals surface area (Å²) in [5.41, 5.74) is 0.767. The molecular weight excluding hydrogens is 295 g/mol. The number of carbonyl (C=O) groups is 1. The molecule has 2 heterocycles. The van der Waals surface area contributed by atoms with Crippen molar-refractivity contribution < 1.29 is 13.6 Å². The fraction of sp³-hybridized carbons (Fsp3) is 0.389. The number of hydrogen-bond acceptors (Lipinski definition) is 3. The van der Waals surface area contributed by atoms with Crippen molar-refractivity contribution in [1.29, 1.82) is 0 Å². The van der Waals surface area contributed by atoms with Crippen molar-refractivity contribution in [2.45, 2.75) is 32.4 Å². The number of halogens is 1. The zero-order chi connectivity index (χ0) is 16.2. The SMILES string of the molecule is CC(=O)N(c1ccc(F)cc1)C1CCN(Cc2ccco2)CC1. The van der Waals surface area contributed by atoms with E-state index in [0.717, 1.165) is 43.9 Å². The Hall–Kier alpha value is -2.14. The number of furan rings is 1. The van der Waals surface area contributed by atoms with Gasteiger partial charge in [0.2, 0.25) is 5.91 Å². The Morgan fingerprint density at radius 2 is 1.96 bits per heavy atom. The van der Waals surface area contributed by atoms with E-state index in [1.807, 2.05) is 12.1 Å². The Morgan fingerprint density at radius 1 is 1.26 bits per heavy atom. The van der Waals surface area contributed by atoms with E-state index in [1.54, 1.807) is 30.2 Å². The van der Waals surface area contributed by atoms with Gasteiger partial charge >= 0.3 is 0 Å². The van der Waals surface area contributed by atoms with Crippen LogP contribution in [0.1, 0.15) is 25.5 Å². The Balaban J connectivity index is 1.64.